The first-order chi connectivity index (χ1) is 15.0. The van der Waals surface area contributed by atoms with Crippen molar-refractivity contribution >= 4 is 33.8 Å². The number of imidazole rings is 1. The number of aromatic nitrogens is 3. The maximum absolute atomic E-state index is 10.5. The molecule has 158 valence electrons. The molecule has 0 fully saturated rings. The number of aromatic hydroxyl groups is 2. The third-order valence-corrected chi connectivity index (χ3v) is 5.32. The molecule has 2 aromatic heterocycles. The van der Waals surface area contributed by atoms with Crippen LogP contribution in [0.25, 0.3) is 21.9 Å². The number of fused-ring (bicyclic) bond motifs is 3. The van der Waals surface area contributed by atoms with Gasteiger partial charge < -0.3 is 20.5 Å². The molecule has 0 amide bonds. The Morgan fingerprint density at radius 1 is 1.16 bits per heavy atom. The molecular weight excluding hydrogens is 394 g/mol. The fourth-order valence-corrected chi connectivity index (χ4v) is 3.79. The van der Waals surface area contributed by atoms with Crippen molar-refractivity contribution in [3.05, 3.63) is 53.3 Å². The molecule has 0 radical (unpaired) electrons. The maximum Gasteiger partial charge on any atom is 0.235 e. The lowest BCUT2D eigenvalue weighted by molar-refractivity contribution is 0.452. The number of hydrogen-bond acceptors (Lipinski definition) is 7. The topological polar surface area (TPSA) is 127 Å². The molecule has 0 saturated carbocycles. The predicted octanol–water partition coefficient (Wildman–Crippen LogP) is 3.80. The first-order valence-electron chi connectivity index (χ1n) is 10.1. The Bertz CT molecular complexity index is 1320. The minimum Gasteiger partial charge on any atom is -0.508 e. The van der Waals surface area contributed by atoms with Crippen molar-refractivity contribution in [2.24, 2.45) is 4.99 Å². The van der Waals surface area contributed by atoms with E-state index >= 15 is 0 Å². The quantitative estimate of drug-likeness (QED) is 0.238. The summed E-state index contributed by atoms with van der Waals surface area (Å²) in [5, 5.41) is 21.1. The summed E-state index contributed by atoms with van der Waals surface area (Å²) in [5.74, 6) is 1.33. The van der Waals surface area contributed by atoms with Gasteiger partial charge in [0.1, 0.15) is 22.8 Å². The standard InChI is InChI=1S/C23H23N5O3/c1-2-3-4-20-27-21-22(28(20)12-15-10-16(30)6-8-19(15)31)17-9-14(11-25-13-29)5-7-18(17)26-23(21)24/h5-10,30-31H,2-4,11-12H2,1H3,(H2,24,26). The van der Waals surface area contributed by atoms with Crippen LogP contribution in [0.15, 0.2) is 41.4 Å². The van der Waals surface area contributed by atoms with Crippen molar-refractivity contribution < 1.29 is 15.0 Å². The van der Waals surface area contributed by atoms with Gasteiger partial charge in [0.15, 0.2) is 5.82 Å². The van der Waals surface area contributed by atoms with Gasteiger partial charge in [-0.2, -0.15) is 0 Å². The van der Waals surface area contributed by atoms with E-state index in [1.165, 1.54) is 12.1 Å². The molecule has 0 atom stereocenters. The van der Waals surface area contributed by atoms with Crippen molar-refractivity contribution in [3.63, 3.8) is 0 Å². The number of aliphatic imine (C=N–C) groups is 1. The summed E-state index contributed by atoms with van der Waals surface area (Å²) in [6.45, 7) is 2.64. The third kappa shape index (κ3) is 3.93. The molecule has 0 aliphatic rings. The fraction of sp³-hybridized carbons (Fsp3) is 0.261. The van der Waals surface area contributed by atoms with E-state index in [-0.39, 0.29) is 18.0 Å². The van der Waals surface area contributed by atoms with Crippen LogP contribution in [0, 0.1) is 0 Å². The zero-order chi connectivity index (χ0) is 22.0. The van der Waals surface area contributed by atoms with Gasteiger partial charge in [0, 0.05) is 17.4 Å². The van der Waals surface area contributed by atoms with E-state index in [0.717, 1.165) is 41.6 Å². The summed E-state index contributed by atoms with van der Waals surface area (Å²) in [6.07, 6.45) is 4.25. The van der Waals surface area contributed by atoms with Crippen molar-refractivity contribution in [1.29, 1.82) is 0 Å². The Balaban J connectivity index is 1.99. The number of anilines is 1. The maximum atomic E-state index is 10.5. The molecule has 0 aliphatic carbocycles. The van der Waals surface area contributed by atoms with Gasteiger partial charge in [0.25, 0.3) is 0 Å². The lowest BCUT2D eigenvalue weighted by Crippen LogP contribution is -2.06. The summed E-state index contributed by atoms with van der Waals surface area (Å²) in [4.78, 5) is 23.5. The largest absolute Gasteiger partial charge is 0.508 e. The van der Waals surface area contributed by atoms with Crippen LogP contribution in [-0.4, -0.2) is 30.8 Å². The molecular formula is C23H23N5O3. The SMILES string of the molecule is CCCCc1nc2c(N)nc3ccc(CN=C=O)cc3c2n1Cc1cc(O)ccc1O. The van der Waals surface area contributed by atoms with Crippen molar-refractivity contribution in [2.75, 3.05) is 5.73 Å². The van der Waals surface area contributed by atoms with Gasteiger partial charge in [-0.25, -0.2) is 19.8 Å². The van der Waals surface area contributed by atoms with Crippen LogP contribution < -0.4 is 5.73 Å². The number of nitrogens with two attached hydrogens (primary N) is 1. The zero-order valence-corrected chi connectivity index (χ0v) is 17.2. The van der Waals surface area contributed by atoms with E-state index in [9.17, 15) is 15.0 Å². The number of unbranched alkanes of at least 4 members (excludes halogenated alkanes) is 1. The van der Waals surface area contributed by atoms with Gasteiger partial charge in [0.2, 0.25) is 6.08 Å². The van der Waals surface area contributed by atoms with Crippen LogP contribution in [0.4, 0.5) is 5.82 Å². The van der Waals surface area contributed by atoms with Gasteiger partial charge >= 0.3 is 0 Å². The number of hydrogen-bond donors (Lipinski definition) is 3. The Morgan fingerprint density at radius 2 is 2.00 bits per heavy atom. The van der Waals surface area contributed by atoms with E-state index in [1.807, 2.05) is 22.8 Å². The normalized spacial score (nSPS) is 11.1. The van der Waals surface area contributed by atoms with Crippen LogP contribution in [0.1, 0.15) is 36.7 Å². The second-order valence-electron chi connectivity index (χ2n) is 7.48. The number of phenolic OH excluding ortho intramolecular Hbond substituents is 2. The van der Waals surface area contributed by atoms with Gasteiger partial charge in [-0.15, -0.1) is 0 Å². The Hall–Kier alpha value is -3.90. The highest BCUT2D eigenvalue weighted by Crippen LogP contribution is 2.32. The summed E-state index contributed by atoms with van der Waals surface area (Å²) < 4.78 is 2.02. The molecule has 0 saturated heterocycles. The van der Waals surface area contributed by atoms with Crippen molar-refractivity contribution in [2.45, 2.75) is 39.3 Å². The highest BCUT2D eigenvalue weighted by molar-refractivity contribution is 6.06. The highest BCUT2D eigenvalue weighted by Gasteiger charge is 2.19. The number of nitrogens with zero attached hydrogens (tertiary/aromatic N) is 4. The molecule has 0 bridgehead atoms. The van der Waals surface area contributed by atoms with E-state index < -0.39 is 0 Å². The van der Waals surface area contributed by atoms with Crippen LogP contribution in [0.2, 0.25) is 0 Å². The molecule has 4 rings (SSSR count). The van der Waals surface area contributed by atoms with Gasteiger partial charge in [-0.05, 0) is 42.3 Å². The lowest BCUT2D eigenvalue weighted by atomic mass is 10.1. The lowest BCUT2D eigenvalue weighted by Gasteiger charge is -2.13. The van der Waals surface area contributed by atoms with E-state index in [4.69, 9.17) is 10.7 Å². The summed E-state index contributed by atoms with van der Waals surface area (Å²) >= 11 is 0. The second-order valence-corrected chi connectivity index (χ2v) is 7.48. The molecule has 8 nitrogen and oxygen atoms in total. The minimum absolute atomic E-state index is 0.0763. The average Bonchev–Trinajstić information content (AvgIpc) is 3.12. The van der Waals surface area contributed by atoms with Crippen LogP contribution in [-0.2, 0) is 24.3 Å². The zero-order valence-electron chi connectivity index (χ0n) is 17.2. The number of nitrogen functional groups attached to an aromatic ring is 1. The van der Waals surface area contributed by atoms with Crippen LogP contribution >= 0.6 is 0 Å². The first kappa shape index (κ1) is 20.4. The van der Waals surface area contributed by atoms with Crippen molar-refractivity contribution in [3.8, 4) is 11.5 Å². The van der Waals surface area contributed by atoms with Gasteiger partial charge in [0.05, 0.1) is 24.1 Å². The molecule has 2 heterocycles. The number of rotatable bonds is 7. The number of isocyanates is 1. The highest BCUT2D eigenvalue weighted by atomic mass is 16.3. The van der Waals surface area contributed by atoms with Gasteiger partial charge in [-0.3, -0.25) is 0 Å². The Labute approximate surface area is 178 Å². The second kappa shape index (κ2) is 8.45. The Kier molecular flexibility index (Phi) is 5.56. The first-order valence-corrected chi connectivity index (χ1v) is 10.1. The molecule has 4 aromatic rings. The molecule has 0 spiro atoms. The minimum atomic E-state index is 0.0763. The number of aryl methyl sites for hydroxylation is 1. The number of benzene rings is 2. The summed E-state index contributed by atoms with van der Waals surface area (Å²) in [5.41, 5.74) is 9.76. The molecule has 4 N–H and O–H groups in total. The fourth-order valence-electron chi connectivity index (χ4n) is 3.79. The average molecular weight is 417 g/mol. The number of phenols is 2. The smallest absolute Gasteiger partial charge is 0.235 e. The van der Waals surface area contributed by atoms with Crippen LogP contribution in [0.3, 0.4) is 0 Å². The summed E-state index contributed by atoms with van der Waals surface area (Å²) in [6, 6.07) is 10.1. The van der Waals surface area contributed by atoms with Crippen molar-refractivity contribution in [1.82, 2.24) is 14.5 Å². The Morgan fingerprint density at radius 3 is 2.77 bits per heavy atom. The molecule has 31 heavy (non-hydrogen) atoms. The molecule has 8 heteroatoms. The number of pyridine rings is 1. The predicted molar refractivity (Wildman–Crippen MR) is 119 cm³/mol. The molecule has 2 aromatic carbocycles. The molecule has 0 aliphatic heterocycles. The van der Waals surface area contributed by atoms with E-state index in [0.29, 0.717) is 29.0 Å². The third-order valence-electron chi connectivity index (χ3n) is 5.32. The van der Waals surface area contributed by atoms with Gasteiger partial charge in [-0.1, -0.05) is 19.4 Å². The van der Waals surface area contributed by atoms with Crippen LogP contribution in [0.5, 0.6) is 11.5 Å². The molecule has 0 unspecified atom stereocenters. The van der Waals surface area contributed by atoms with E-state index in [1.54, 1.807) is 12.1 Å². The monoisotopic (exact) mass is 417 g/mol. The number of carbonyl (C=O) groups excluding carboxylic acids is 1. The summed E-state index contributed by atoms with van der Waals surface area (Å²) in [7, 11) is 0. The van der Waals surface area contributed by atoms with E-state index in [2.05, 4.69) is 16.9 Å².